The lowest BCUT2D eigenvalue weighted by Gasteiger charge is -2.19. The molecule has 0 saturated heterocycles. The molecule has 0 N–H and O–H groups in total. The van der Waals surface area contributed by atoms with E-state index in [-0.39, 0.29) is 17.6 Å². The number of aliphatic imine (C=N–C) groups is 1. The standard InChI is InChI=1S/C46H43N3O/c1-29(2)34-24-35(45-48-43(31-13-9-7-10-14-31)44(50-45)32-15-11-8-12-16-32)26-37(25-34)49-41-20-17-30(3)23-39(41)38-19-18-33(27-42(38)49)40-28-36(21-22-47-40)46(4,5)6/h7-29,43-44H,1-6H3/t43-,44-/m1/s1. The molecule has 4 heteroatoms. The van der Waals surface area contributed by atoms with E-state index in [0.717, 1.165) is 39.2 Å². The summed E-state index contributed by atoms with van der Waals surface area (Å²) in [6.45, 7) is 13.4. The van der Waals surface area contributed by atoms with Gasteiger partial charge in [0.1, 0.15) is 6.04 Å². The Morgan fingerprint density at radius 3 is 2.14 bits per heavy atom. The summed E-state index contributed by atoms with van der Waals surface area (Å²) in [5.74, 6) is 0.984. The minimum absolute atomic E-state index is 0.0337. The smallest absolute Gasteiger partial charge is 0.217 e. The van der Waals surface area contributed by atoms with Crippen LogP contribution < -0.4 is 0 Å². The topological polar surface area (TPSA) is 39.4 Å². The molecule has 1 aliphatic heterocycles. The molecule has 3 heterocycles. The molecule has 50 heavy (non-hydrogen) atoms. The van der Waals surface area contributed by atoms with Crippen LogP contribution in [0, 0.1) is 6.92 Å². The number of nitrogens with zero attached hydrogens (tertiary/aromatic N) is 3. The van der Waals surface area contributed by atoms with E-state index < -0.39 is 0 Å². The van der Waals surface area contributed by atoms with Crippen LogP contribution in [0.1, 0.15) is 86.1 Å². The second-order valence-corrected chi connectivity index (χ2v) is 15.0. The predicted octanol–water partition coefficient (Wildman–Crippen LogP) is 11.8. The summed E-state index contributed by atoms with van der Waals surface area (Å²) in [4.78, 5) is 10.1. The third-order valence-corrected chi connectivity index (χ3v) is 10.0. The Hall–Kier alpha value is -5.48. The maximum absolute atomic E-state index is 6.85. The number of aromatic nitrogens is 2. The first-order valence-electron chi connectivity index (χ1n) is 17.7. The Balaban J connectivity index is 1.32. The van der Waals surface area contributed by atoms with Crippen LogP contribution in [0.15, 0.2) is 139 Å². The summed E-state index contributed by atoms with van der Waals surface area (Å²) in [7, 11) is 0. The predicted molar refractivity (Wildman–Crippen MR) is 208 cm³/mol. The fourth-order valence-corrected chi connectivity index (χ4v) is 7.19. The summed E-state index contributed by atoms with van der Waals surface area (Å²) in [6, 6.07) is 45.6. The Kier molecular flexibility index (Phi) is 7.91. The fraction of sp³-hybridized carbons (Fsp3) is 0.217. The average molecular weight is 654 g/mol. The fourth-order valence-electron chi connectivity index (χ4n) is 7.19. The van der Waals surface area contributed by atoms with Crippen molar-refractivity contribution in [3.05, 3.63) is 167 Å². The van der Waals surface area contributed by atoms with E-state index in [1.54, 1.807) is 0 Å². The van der Waals surface area contributed by atoms with Crippen molar-refractivity contribution in [1.82, 2.24) is 9.55 Å². The van der Waals surface area contributed by atoms with Crippen LogP contribution >= 0.6 is 0 Å². The average Bonchev–Trinajstić information content (AvgIpc) is 3.72. The number of fused-ring (bicyclic) bond motifs is 3. The first-order valence-corrected chi connectivity index (χ1v) is 17.7. The summed E-state index contributed by atoms with van der Waals surface area (Å²) >= 11 is 0. The van der Waals surface area contributed by atoms with E-state index in [9.17, 15) is 0 Å². The second-order valence-electron chi connectivity index (χ2n) is 15.0. The SMILES string of the molecule is Cc1ccc2c(c1)c1ccc(-c3cc(C(C)(C)C)ccn3)cc1n2-c1cc(C2=N[C@H](c3ccccc3)[C@@H](c3ccccc3)O2)cc(C(C)C)c1. The van der Waals surface area contributed by atoms with Crippen LogP contribution in [-0.4, -0.2) is 15.4 Å². The molecular weight excluding hydrogens is 611 g/mol. The Bertz CT molecular complexity index is 2380. The van der Waals surface area contributed by atoms with Gasteiger partial charge in [0.15, 0.2) is 6.10 Å². The van der Waals surface area contributed by atoms with Gasteiger partial charge < -0.3 is 9.30 Å². The number of ether oxygens (including phenoxy) is 1. The van der Waals surface area contributed by atoms with E-state index in [1.165, 1.54) is 33.0 Å². The molecular formula is C46H43N3O. The molecule has 0 unspecified atom stereocenters. The molecule has 8 rings (SSSR count). The van der Waals surface area contributed by atoms with Crippen LogP contribution in [0.3, 0.4) is 0 Å². The van der Waals surface area contributed by atoms with Crippen LogP contribution in [-0.2, 0) is 10.2 Å². The summed E-state index contributed by atoms with van der Waals surface area (Å²) in [5.41, 5.74) is 12.5. The van der Waals surface area contributed by atoms with E-state index in [1.807, 2.05) is 12.3 Å². The van der Waals surface area contributed by atoms with Crippen molar-refractivity contribution in [1.29, 1.82) is 0 Å². The molecule has 2 aromatic heterocycles. The highest BCUT2D eigenvalue weighted by Gasteiger charge is 2.34. The molecule has 1 aliphatic rings. The molecule has 4 nitrogen and oxygen atoms in total. The van der Waals surface area contributed by atoms with Gasteiger partial charge in [-0.3, -0.25) is 4.98 Å². The van der Waals surface area contributed by atoms with Crippen LogP contribution in [0.2, 0.25) is 0 Å². The van der Waals surface area contributed by atoms with Crippen molar-refractivity contribution < 1.29 is 4.74 Å². The Morgan fingerprint density at radius 2 is 1.42 bits per heavy atom. The van der Waals surface area contributed by atoms with Crippen molar-refractivity contribution in [2.45, 2.75) is 65.0 Å². The zero-order valence-corrected chi connectivity index (χ0v) is 29.7. The minimum atomic E-state index is -0.213. The molecule has 248 valence electrons. The van der Waals surface area contributed by atoms with Crippen LogP contribution in [0.25, 0.3) is 38.8 Å². The molecule has 0 spiro atoms. The minimum Gasteiger partial charge on any atom is -0.467 e. The van der Waals surface area contributed by atoms with Gasteiger partial charge in [-0.2, -0.15) is 0 Å². The van der Waals surface area contributed by atoms with Crippen molar-refractivity contribution in [2.75, 3.05) is 0 Å². The van der Waals surface area contributed by atoms with E-state index >= 15 is 0 Å². The van der Waals surface area contributed by atoms with E-state index in [2.05, 4.69) is 167 Å². The Labute approximate surface area is 295 Å². The maximum atomic E-state index is 6.85. The number of rotatable bonds is 6. The quantitative estimate of drug-likeness (QED) is 0.179. The number of hydrogen-bond donors (Lipinski definition) is 0. The number of hydrogen-bond acceptors (Lipinski definition) is 3. The van der Waals surface area contributed by atoms with Gasteiger partial charge in [-0.1, -0.05) is 119 Å². The van der Waals surface area contributed by atoms with Crippen molar-refractivity contribution >= 4 is 27.7 Å². The number of aryl methyl sites for hydroxylation is 1. The van der Waals surface area contributed by atoms with Crippen LogP contribution in [0.4, 0.5) is 0 Å². The monoisotopic (exact) mass is 653 g/mol. The highest BCUT2D eigenvalue weighted by molar-refractivity contribution is 6.10. The summed E-state index contributed by atoms with van der Waals surface area (Å²) < 4.78 is 9.26. The van der Waals surface area contributed by atoms with Gasteiger partial charge in [0.2, 0.25) is 5.90 Å². The highest BCUT2D eigenvalue weighted by Crippen LogP contribution is 2.42. The summed E-state index contributed by atoms with van der Waals surface area (Å²) in [6.07, 6.45) is 1.72. The van der Waals surface area contributed by atoms with E-state index in [4.69, 9.17) is 14.7 Å². The zero-order valence-electron chi connectivity index (χ0n) is 29.7. The van der Waals surface area contributed by atoms with Gasteiger partial charge in [0.05, 0.1) is 16.7 Å². The van der Waals surface area contributed by atoms with Crippen LogP contribution in [0.5, 0.6) is 0 Å². The number of pyridine rings is 1. The molecule has 5 aromatic carbocycles. The largest absolute Gasteiger partial charge is 0.467 e. The van der Waals surface area contributed by atoms with Gasteiger partial charge in [-0.25, -0.2) is 4.99 Å². The lowest BCUT2D eigenvalue weighted by Crippen LogP contribution is -2.11. The molecule has 0 saturated carbocycles. The third-order valence-electron chi connectivity index (χ3n) is 10.0. The maximum Gasteiger partial charge on any atom is 0.217 e. The van der Waals surface area contributed by atoms with Crippen molar-refractivity contribution in [2.24, 2.45) is 4.99 Å². The molecule has 0 amide bonds. The van der Waals surface area contributed by atoms with Gasteiger partial charge in [-0.15, -0.1) is 0 Å². The zero-order chi connectivity index (χ0) is 34.6. The molecule has 0 bridgehead atoms. The van der Waals surface area contributed by atoms with Crippen molar-refractivity contribution in [3.63, 3.8) is 0 Å². The first kappa shape index (κ1) is 31.8. The van der Waals surface area contributed by atoms with Gasteiger partial charge in [0.25, 0.3) is 0 Å². The van der Waals surface area contributed by atoms with Gasteiger partial charge in [0, 0.05) is 33.8 Å². The Morgan fingerprint density at radius 1 is 0.680 bits per heavy atom. The highest BCUT2D eigenvalue weighted by atomic mass is 16.5. The van der Waals surface area contributed by atoms with Gasteiger partial charge in [-0.05, 0) is 89.0 Å². The lowest BCUT2D eigenvalue weighted by atomic mass is 9.87. The van der Waals surface area contributed by atoms with Gasteiger partial charge >= 0.3 is 0 Å². The summed E-state index contributed by atoms with van der Waals surface area (Å²) in [5, 5.41) is 2.46. The second kappa shape index (κ2) is 12.4. The lowest BCUT2D eigenvalue weighted by molar-refractivity contribution is 0.197. The number of benzene rings is 5. The molecule has 0 fully saturated rings. The van der Waals surface area contributed by atoms with Crippen molar-refractivity contribution in [3.8, 4) is 16.9 Å². The van der Waals surface area contributed by atoms with E-state index in [0.29, 0.717) is 11.8 Å². The molecule has 2 atom stereocenters. The molecule has 7 aromatic rings. The normalized spacial score (nSPS) is 16.3. The molecule has 0 radical (unpaired) electrons. The molecule has 0 aliphatic carbocycles. The first-order chi connectivity index (χ1) is 24.1. The third kappa shape index (κ3) is 5.79.